The maximum atomic E-state index is 11.8. The lowest BCUT2D eigenvalue weighted by Gasteiger charge is -2.14. The SMILES string of the molecule is Cc1cc(C(=O)NCC2CCN(C3CC3)C2)no1. The molecule has 0 radical (unpaired) electrons. The lowest BCUT2D eigenvalue weighted by molar-refractivity contribution is 0.0938. The van der Waals surface area contributed by atoms with Crippen molar-refractivity contribution in [2.24, 2.45) is 5.92 Å². The molecule has 1 unspecified atom stereocenters. The predicted molar refractivity (Wildman–Crippen MR) is 66.3 cm³/mol. The van der Waals surface area contributed by atoms with Crippen LogP contribution < -0.4 is 5.32 Å². The summed E-state index contributed by atoms with van der Waals surface area (Å²) in [7, 11) is 0. The first-order valence-corrected chi connectivity index (χ1v) is 6.68. The van der Waals surface area contributed by atoms with Gasteiger partial charge in [-0.15, -0.1) is 0 Å². The molecule has 0 bridgehead atoms. The number of carbonyl (C=O) groups excluding carboxylic acids is 1. The highest BCUT2D eigenvalue weighted by molar-refractivity contribution is 5.92. The highest BCUT2D eigenvalue weighted by atomic mass is 16.5. The zero-order valence-electron chi connectivity index (χ0n) is 10.7. The van der Waals surface area contributed by atoms with E-state index in [1.54, 1.807) is 13.0 Å². The highest BCUT2D eigenvalue weighted by Gasteiger charge is 2.34. The smallest absolute Gasteiger partial charge is 0.273 e. The van der Waals surface area contributed by atoms with Crippen LogP contribution in [0.2, 0.25) is 0 Å². The Balaban J connectivity index is 1.45. The quantitative estimate of drug-likeness (QED) is 0.871. The molecule has 1 amide bonds. The molecule has 3 rings (SSSR count). The second-order valence-electron chi connectivity index (χ2n) is 5.41. The molecule has 2 heterocycles. The van der Waals surface area contributed by atoms with Crippen molar-refractivity contribution in [3.63, 3.8) is 0 Å². The maximum absolute atomic E-state index is 11.8. The molecule has 18 heavy (non-hydrogen) atoms. The molecule has 1 saturated heterocycles. The van der Waals surface area contributed by atoms with E-state index < -0.39 is 0 Å². The van der Waals surface area contributed by atoms with E-state index in [4.69, 9.17) is 4.52 Å². The lowest BCUT2D eigenvalue weighted by atomic mass is 10.1. The van der Waals surface area contributed by atoms with Crippen molar-refractivity contribution >= 4 is 5.91 Å². The lowest BCUT2D eigenvalue weighted by Crippen LogP contribution is -2.31. The van der Waals surface area contributed by atoms with Gasteiger partial charge in [0.1, 0.15) is 5.76 Å². The summed E-state index contributed by atoms with van der Waals surface area (Å²) in [6.07, 6.45) is 3.91. The third-order valence-corrected chi connectivity index (χ3v) is 3.79. The first-order chi connectivity index (χ1) is 8.72. The number of nitrogens with zero attached hydrogens (tertiary/aromatic N) is 2. The van der Waals surface area contributed by atoms with Crippen molar-refractivity contribution in [2.45, 2.75) is 32.2 Å². The maximum Gasteiger partial charge on any atom is 0.273 e. The summed E-state index contributed by atoms with van der Waals surface area (Å²) in [4.78, 5) is 14.3. The molecular formula is C13H19N3O2. The monoisotopic (exact) mass is 249 g/mol. The van der Waals surface area contributed by atoms with Crippen molar-refractivity contribution in [3.05, 3.63) is 17.5 Å². The van der Waals surface area contributed by atoms with Crippen LogP contribution in [0.15, 0.2) is 10.6 Å². The molecule has 1 N–H and O–H groups in total. The van der Waals surface area contributed by atoms with Crippen molar-refractivity contribution in [3.8, 4) is 0 Å². The average Bonchev–Trinajstić information content (AvgIpc) is 2.95. The number of aryl methyl sites for hydroxylation is 1. The molecule has 5 heteroatoms. The Morgan fingerprint density at radius 2 is 2.39 bits per heavy atom. The van der Waals surface area contributed by atoms with E-state index in [9.17, 15) is 4.79 Å². The van der Waals surface area contributed by atoms with Crippen LogP contribution in [-0.4, -0.2) is 41.6 Å². The molecule has 1 atom stereocenters. The van der Waals surface area contributed by atoms with E-state index in [1.165, 1.54) is 25.8 Å². The van der Waals surface area contributed by atoms with Gasteiger partial charge in [-0.1, -0.05) is 5.16 Å². The Labute approximate surface area is 107 Å². The molecule has 2 aliphatic rings. The van der Waals surface area contributed by atoms with Crippen LogP contribution in [0, 0.1) is 12.8 Å². The Morgan fingerprint density at radius 1 is 1.56 bits per heavy atom. The minimum Gasteiger partial charge on any atom is -0.361 e. The number of nitrogens with one attached hydrogen (secondary N) is 1. The standard InChI is InChI=1S/C13H19N3O2/c1-9-6-12(15-18-9)13(17)14-7-10-4-5-16(8-10)11-2-3-11/h6,10-11H,2-5,7-8H2,1H3,(H,14,17). The van der Waals surface area contributed by atoms with Crippen molar-refractivity contribution < 1.29 is 9.32 Å². The summed E-state index contributed by atoms with van der Waals surface area (Å²) < 4.78 is 4.90. The fourth-order valence-electron chi connectivity index (χ4n) is 2.60. The van der Waals surface area contributed by atoms with Gasteiger partial charge in [0.2, 0.25) is 0 Å². The van der Waals surface area contributed by atoms with E-state index in [0.29, 0.717) is 17.4 Å². The first-order valence-electron chi connectivity index (χ1n) is 6.68. The summed E-state index contributed by atoms with van der Waals surface area (Å²) in [5.41, 5.74) is 0.379. The van der Waals surface area contributed by atoms with Crippen molar-refractivity contribution in [1.29, 1.82) is 0 Å². The number of aromatic nitrogens is 1. The molecule has 5 nitrogen and oxygen atoms in total. The van der Waals surface area contributed by atoms with E-state index in [0.717, 1.165) is 19.1 Å². The largest absolute Gasteiger partial charge is 0.361 e. The number of amides is 1. The summed E-state index contributed by atoms with van der Waals surface area (Å²) in [6, 6.07) is 2.50. The summed E-state index contributed by atoms with van der Waals surface area (Å²) in [5, 5.41) is 6.66. The third-order valence-electron chi connectivity index (χ3n) is 3.79. The van der Waals surface area contributed by atoms with E-state index in [1.807, 2.05) is 0 Å². The second-order valence-corrected chi connectivity index (χ2v) is 5.41. The molecule has 1 aliphatic carbocycles. The minimum atomic E-state index is -0.128. The van der Waals surface area contributed by atoms with Crippen LogP contribution in [0.25, 0.3) is 0 Å². The van der Waals surface area contributed by atoms with Crippen LogP contribution in [0.3, 0.4) is 0 Å². The van der Waals surface area contributed by atoms with E-state index in [2.05, 4.69) is 15.4 Å². The van der Waals surface area contributed by atoms with Gasteiger partial charge in [0.05, 0.1) is 0 Å². The molecule has 1 saturated carbocycles. The van der Waals surface area contributed by atoms with Gasteiger partial charge in [0.25, 0.3) is 5.91 Å². The summed E-state index contributed by atoms with van der Waals surface area (Å²) in [6.45, 7) is 4.85. The van der Waals surface area contributed by atoms with E-state index >= 15 is 0 Å². The van der Waals surface area contributed by atoms with Gasteiger partial charge >= 0.3 is 0 Å². The molecule has 0 aromatic carbocycles. The number of likely N-dealkylation sites (tertiary alicyclic amines) is 1. The van der Waals surface area contributed by atoms with Crippen LogP contribution in [0.4, 0.5) is 0 Å². The molecule has 1 aromatic heterocycles. The van der Waals surface area contributed by atoms with Gasteiger partial charge in [-0.25, -0.2) is 0 Å². The normalized spacial score (nSPS) is 24.4. The second kappa shape index (κ2) is 4.72. The van der Waals surface area contributed by atoms with Gasteiger partial charge in [-0.3, -0.25) is 4.79 Å². The topological polar surface area (TPSA) is 58.4 Å². The summed E-state index contributed by atoms with van der Waals surface area (Å²) in [5.74, 6) is 1.13. The number of carbonyl (C=O) groups is 1. The van der Waals surface area contributed by atoms with Gasteiger partial charge in [-0.05, 0) is 38.6 Å². The Bertz CT molecular complexity index is 439. The zero-order valence-corrected chi connectivity index (χ0v) is 10.7. The minimum absolute atomic E-state index is 0.128. The fraction of sp³-hybridized carbons (Fsp3) is 0.692. The average molecular weight is 249 g/mol. The van der Waals surface area contributed by atoms with Gasteiger partial charge in [0.15, 0.2) is 5.69 Å². The molecule has 1 aliphatic heterocycles. The molecule has 1 aromatic rings. The van der Waals surface area contributed by atoms with Crippen LogP contribution in [-0.2, 0) is 0 Å². The highest BCUT2D eigenvalue weighted by Crippen LogP contribution is 2.31. The first kappa shape index (κ1) is 11.7. The van der Waals surface area contributed by atoms with E-state index in [-0.39, 0.29) is 5.91 Å². The van der Waals surface area contributed by atoms with Gasteiger partial charge < -0.3 is 14.7 Å². The fourth-order valence-corrected chi connectivity index (χ4v) is 2.60. The Kier molecular flexibility index (Phi) is 3.07. The Hall–Kier alpha value is -1.36. The van der Waals surface area contributed by atoms with Crippen molar-refractivity contribution in [2.75, 3.05) is 19.6 Å². The van der Waals surface area contributed by atoms with Gasteiger partial charge in [0, 0.05) is 25.2 Å². The van der Waals surface area contributed by atoms with Crippen LogP contribution in [0.5, 0.6) is 0 Å². The molecule has 0 spiro atoms. The third kappa shape index (κ3) is 2.56. The number of hydrogen-bond acceptors (Lipinski definition) is 4. The zero-order chi connectivity index (χ0) is 12.5. The van der Waals surface area contributed by atoms with Gasteiger partial charge in [-0.2, -0.15) is 0 Å². The van der Waals surface area contributed by atoms with Crippen molar-refractivity contribution in [1.82, 2.24) is 15.4 Å². The van der Waals surface area contributed by atoms with Crippen LogP contribution in [0.1, 0.15) is 35.5 Å². The summed E-state index contributed by atoms with van der Waals surface area (Å²) >= 11 is 0. The molecule has 98 valence electrons. The van der Waals surface area contributed by atoms with Crippen LogP contribution >= 0.6 is 0 Å². The predicted octanol–water partition coefficient (Wildman–Crippen LogP) is 1.20. The number of hydrogen-bond donors (Lipinski definition) is 1. The Morgan fingerprint density at radius 3 is 3.06 bits per heavy atom. The molecule has 2 fully saturated rings. The number of rotatable bonds is 4. The molecular weight excluding hydrogens is 230 g/mol.